The Morgan fingerprint density at radius 2 is 0.978 bits per heavy atom. The fourth-order valence-electron chi connectivity index (χ4n) is 5.98. The summed E-state index contributed by atoms with van der Waals surface area (Å²) < 4.78 is 17.1. The molecule has 0 aliphatic carbocycles. The predicted octanol–water partition coefficient (Wildman–Crippen LogP) is 9.30. The average Bonchev–Trinajstić information content (AvgIpc) is 3.02. The second-order valence-corrected chi connectivity index (χ2v) is 15.5. The van der Waals surface area contributed by atoms with Crippen molar-refractivity contribution in [2.75, 3.05) is 32.5 Å². The van der Waals surface area contributed by atoms with Crippen LogP contribution in [0, 0.1) is 0 Å². The topological polar surface area (TPSA) is 128 Å². The van der Waals surface area contributed by atoms with E-state index in [0.717, 1.165) is 32.1 Å². The number of ether oxygens (including phenoxy) is 1. The molecule has 1 amide bonds. The maximum Gasteiger partial charge on any atom is 0.327 e. The number of unbranched alkanes of at least 4 members (excludes halogenated alkanes) is 24. The van der Waals surface area contributed by atoms with Crippen molar-refractivity contribution in [3.63, 3.8) is 0 Å². The van der Waals surface area contributed by atoms with Crippen LogP contribution in [0.4, 0.5) is 0 Å². The lowest BCUT2D eigenvalue weighted by Crippen LogP contribution is -2.45. The van der Waals surface area contributed by atoms with Gasteiger partial charge in [0.05, 0.1) is 18.9 Å². The second kappa shape index (κ2) is 33.0. The molecule has 276 valence electrons. The minimum Gasteiger partial charge on any atom is -0.389 e. The molecule has 0 saturated carbocycles. The van der Waals surface area contributed by atoms with Gasteiger partial charge in [0.25, 0.3) is 5.91 Å². The van der Waals surface area contributed by atoms with Crippen molar-refractivity contribution in [3.8, 4) is 0 Å². The van der Waals surface area contributed by atoms with Crippen LogP contribution in [0.1, 0.15) is 187 Å². The van der Waals surface area contributed by atoms with Gasteiger partial charge in [0.2, 0.25) is 0 Å². The van der Waals surface area contributed by atoms with E-state index in [0.29, 0.717) is 13.0 Å². The Labute approximate surface area is 284 Å². The highest BCUT2D eigenvalue weighted by Gasteiger charge is 2.26. The van der Waals surface area contributed by atoms with Crippen LogP contribution in [0.3, 0.4) is 0 Å². The Morgan fingerprint density at radius 3 is 1.37 bits per heavy atom. The lowest BCUT2D eigenvalue weighted by molar-refractivity contribution is -0.142. The number of amides is 1. The molecule has 46 heavy (non-hydrogen) atoms. The van der Waals surface area contributed by atoms with Gasteiger partial charge >= 0.3 is 7.60 Å². The number of aliphatic hydroxyl groups is 2. The minimum absolute atomic E-state index is 0.0486. The first-order valence-corrected chi connectivity index (χ1v) is 21.3. The van der Waals surface area contributed by atoms with E-state index in [1.807, 2.05) is 0 Å². The molecule has 0 aromatic carbocycles. The van der Waals surface area contributed by atoms with Crippen LogP contribution in [0.5, 0.6) is 0 Å². The molecule has 0 heterocycles. The molecule has 4 N–H and O–H groups in total. The summed E-state index contributed by atoms with van der Waals surface area (Å²) in [6.07, 6.45) is 29.9. The van der Waals surface area contributed by atoms with Gasteiger partial charge in [-0.15, -0.1) is 0 Å². The van der Waals surface area contributed by atoms with E-state index in [9.17, 15) is 29.4 Å². The van der Waals surface area contributed by atoms with Gasteiger partial charge in [0, 0.05) is 19.7 Å². The summed E-state index contributed by atoms with van der Waals surface area (Å²) in [5, 5.41) is 21.0. The molecule has 0 rings (SSSR count). The fraction of sp³-hybridized carbons (Fsp3) is 0.973. The molecule has 0 fully saturated rings. The van der Waals surface area contributed by atoms with Gasteiger partial charge in [-0.1, -0.05) is 174 Å². The van der Waals surface area contributed by atoms with E-state index < -0.39 is 31.9 Å². The highest BCUT2D eigenvalue weighted by atomic mass is 31.2. The number of aliphatic hydroxyl groups excluding tert-OH is 2. The number of carbonyl (C=O) groups excluding carboxylic acids is 1. The third-order valence-electron chi connectivity index (χ3n) is 8.97. The molecule has 0 aliphatic heterocycles. The third kappa shape index (κ3) is 32.1. The maximum absolute atomic E-state index is 12.9. The first kappa shape index (κ1) is 45.5. The van der Waals surface area contributed by atoms with E-state index in [1.165, 1.54) is 140 Å². The van der Waals surface area contributed by atoms with Gasteiger partial charge in [-0.25, -0.2) is 0 Å². The summed E-state index contributed by atoms with van der Waals surface area (Å²) in [4.78, 5) is 32.8. The molecule has 8 nitrogen and oxygen atoms in total. The summed E-state index contributed by atoms with van der Waals surface area (Å²) in [6, 6.07) is 0. The quantitative estimate of drug-likeness (QED) is 0.0384. The van der Waals surface area contributed by atoms with Crippen molar-refractivity contribution >= 4 is 13.5 Å². The van der Waals surface area contributed by atoms with E-state index in [-0.39, 0.29) is 19.7 Å². The van der Waals surface area contributed by atoms with Crippen LogP contribution in [-0.4, -0.2) is 75.5 Å². The summed E-state index contributed by atoms with van der Waals surface area (Å²) >= 11 is 0. The first-order chi connectivity index (χ1) is 22.2. The molecule has 2 unspecified atom stereocenters. The second-order valence-electron chi connectivity index (χ2n) is 13.7. The predicted molar refractivity (Wildman–Crippen MR) is 192 cm³/mol. The SMILES string of the molecule is CCCCCCCCCCCCCCCCOCC(O)CN(CCP(=O)(O)O)C(=O)C(O)CCCCCCCCCCCCCC. The zero-order valence-electron chi connectivity index (χ0n) is 30.2. The normalized spacial score (nSPS) is 13.3. The first-order valence-electron chi connectivity index (χ1n) is 19.5. The van der Waals surface area contributed by atoms with Crippen LogP contribution in [-0.2, 0) is 14.1 Å². The van der Waals surface area contributed by atoms with Crippen molar-refractivity contribution in [3.05, 3.63) is 0 Å². The van der Waals surface area contributed by atoms with Crippen LogP contribution in [0.15, 0.2) is 0 Å². The summed E-state index contributed by atoms with van der Waals surface area (Å²) in [5.74, 6) is -0.581. The van der Waals surface area contributed by atoms with E-state index >= 15 is 0 Å². The molecule has 2 atom stereocenters. The maximum atomic E-state index is 12.9. The van der Waals surface area contributed by atoms with Crippen LogP contribution < -0.4 is 0 Å². The van der Waals surface area contributed by atoms with Crippen LogP contribution >= 0.6 is 7.60 Å². The number of nitrogens with zero attached hydrogens (tertiary/aromatic N) is 1. The third-order valence-corrected chi connectivity index (χ3v) is 9.76. The molecule has 0 saturated heterocycles. The summed E-state index contributed by atoms with van der Waals surface area (Å²) in [6.45, 7) is 4.75. The molecule has 0 aliphatic rings. The van der Waals surface area contributed by atoms with Gasteiger partial charge in [0.1, 0.15) is 6.10 Å². The lowest BCUT2D eigenvalue weighted by Gasteiger charge is -2.27. The Balaban J connectivity index is 4.05. The molecule has 0 bridgehead atoms. The van der Waals surface area contributed by atoms with Gasteiger partial charge in [-0.3, -0.25) is 9.36 Å². The van der Waals surface area contributed by atoms with E-state index in [1.54, 1.807) is 0 Å². The highest BCUT2D eigenvalue weighted by molar-refractivity contribution is 7.51. The Morgan fingerprint density at radius 1 is 0.609 bits per heavy atom. The highest BCUT2D eigenvalue weighted by Crippen LogP contribution is 2.33. The van der Waals surface area contributed by atoms with Gasteiger partial charge in [-0.2, -0.15) is 0 Å². The van der Waals surface area contributed by atoms with Crippen molar-refractivity contribution in [2.45, 2.75) is 199 Å². The zero-order valence-corrected chi connectivity index (χ0v) is 31.1. The largest absolute Gasteiger partial charge is 0.389 e. The van der Waals surface area contributed by atoms with Gasteiger partial charge < -0.3 is 29.6 Å². The average molecular weight is 678 g/mol. The van der Waals surface area contributed by atoms with Crippen LogP contribution in [0.2, 0.25) is 0 Å². The molecule has 9 heteroatoms. The van der Waals surface area contributed by atoms with Gasteiger partial charge in [-0.05, 0) is 12.8 Å². The minimum atomic E-state index is -4.33. The Kier molecular flexibility index (Phi) is 32.7. The molecular formula is C37H76NO7P. The number of rotatable bonds is 36. The summed E-state index contributed by atoms with van der Waals surface area (Å²) in [5.41, 5.74) is 0. The number of hydrogen-bond donors (Lipinski definition) is 4. The van der Waals surface area contributed by atoms with Gasteiger partial charge in [0.15, 0.2) is 0 Å². The smallest absolute Gasteiger partial charge is 0.327 e. The van der Waals surface area contributed by atoms with E-state index in [2.05, 4.69) is 13.8 Å². The molecular weight excluding hydrogens is 601 g/mol. The van der Waals surface area contributed by atoms with Crippen molar-refractivity contribution in [1.29, 1.82) is 0 Å². The van der Waals surface area contributed by atoms with Crippen molar-refractivity contribution in [2.24, 2.45) is 0 Å². The molecule has 0 aromatic heterocycles. The van der Waals surface area contributed by atoms with E-state index in [4.69, 9.17) is 4.74 Å². The zero-order chi connectivity index (χ0) is 34.1. The number of hydrogen-bond acceptors (Lipinski definition) is 5. The fourth-order valence-corrected chi connectivity index (χ4v) is 6.48. The molecule has 0 spiro atoms. The lowest BCUT2D eigenvalue weighted by atomic mass is 10.0. The van der Waals surface area contributed by atoms with Crippen molar-refractivity contribution < 1.29 is 34.1 Å². The Hall–Kier alpha value is -0.500. The molecule has 0 radical (unpaired) electrons. The molecule has 0 aromatic rings. The van der Waals surface area contributed by atoms with Crippen molar-refractivity contribution in [1.82, 2.24) is 4.90 Å². The summed E-state index contributed by atoms with van der Waals surface area (Å²) in [7, 11) is -4.33. The number of carbonyl (C=O) groups is 1. The monoisotopic (exact) mass is 678 g/mol. The standard InChI is InChI=1S/C37H76NO7P/c1-3-5-7-9-11-13-15-17-18-20-22-24-26-28-31-45-34-35(39)33-38(30-32-46(42,43)44)37(41)36(40)29-27-25-23-21-19-16-14-12-10-8-6-4-2/h35-36,39-40H,3-34H2,1-2H3,(H2,42,43,44). The Bertz CT molecular complexity index is 705. The van der Waals surface area contributed by atoms with Crippen LogP contribution in [0.25, 0.3) is 0 Å².